The zero-order valence-electron chi connectivity index (χ0n) is 10.9. The maximum Gasteiger partial charge on any atom is 0.257 e. The molecule has 4 nitrogen and oxygen atoms in total. The van der Waals surface area contributed by atoms with E-state index in [4.69, 9.17) is 21.1 Å². The van der Waals surface area contributed by atoms with Gasteiger partial charge in [-0.25, -0.2) is 0 Å². The summed E-state index contributed by atoms with van der Waals surface area (Å²) in [5.41, 5.74) is 0.952. The van der Waals surface area contributed by atoms with Gasteiger partial charge >= 0.3 is 0 Å². The van der Waals surface area contributed by atoms with Crippen LogP contribution in [0, 0.1) is 0 Å². The Labute approximate surface area is 135 Å². The maximum absolute atomic E-state index is 12.4. The second kappa shape index (κ2) is 5.95. The van der Waals surface area contributed by atoms with Gasteiger partial charge in [0.15, 0.2) is 11.5 Å². The Kier molecular flexibility index (Phi) is 4.03. The van der Waals surface area contributed by atoms with Gasteiger partial charge < -0.3 is 14.8 Å². The fourth-order valence-corrected chi connectivity index (χ4v) is 2.60. The lowest BCUT2D eigenvalue weighted by atomic mass is 10.2. The third-order valence-corrected chi connectivity index (χ3v) is 3.81. The van der Waals surface area contributed by atoms with Gasteiger partial charge in [0.25, 0.3) is 5.91 Å². The summed E-state index contributed by atoms with van der Waals surface area (Å²) in [5.74, 6) is 0.867. The monoisotopic (exact) mass is 367 g/mol. The van der Waals surface area contributed by atoms with Crippen molar-refractivity contribution in [1.29, 1.82) is 0 Å². The predicted octanol–water partition coefficient (Wildman–Crippen LogP) is 4.13. The number of carbonyl (C=O) groups is 1. The van der Waals surface area contributed by atoms with Crippen LogP contribution in [0.25, 0.3) is 0 Å². The fraction of sp³-hybridized carbons (Fsp3) is 0.133. The molecule has 2 aromatic rings. The van der Waals surface area contributed by atoms with Gasteiger partial charge in [-0.3, -0.25) is 4.79 Å². The summed E-state index contributed by atoms with van der Waals surface area (Å²) in [6.45, 7) is 0.958. The highest BCUT2D eigenvalue weighted by atomic mass is 79.9. The van der Waals surface area contributed by atoms with Crippen molar-refractivity contribution in [2.45, 2.75) is 0 Å². The summed E-state index contributed by atoms with van der Waals surface area (Å²) in [4.78, 5) is 12.4. The number of anilines is 1. The maximum atomic E-state index is 12.4. The molecule has 0 saturated carbocycles. The number of carbonyl (C=O) groups excluding carboxylic acids is 1. The van der Waals surface area contributed by atoms with E-state index < -0.39 is 0 Å². The lowest BCUT2D eigenvalue weighted by Gasteiger charge is -2.21. The van der Waals surface area contributed by atoms with Crippen molar-refractivity contribution in [3.63, 3.8) is 0 Å². The normalized spacial score (nSPS) is 12.9. The number of rotatable bonds is 2. The summed E-state index contributed by atoms with van der Waals surface area (Å²) in [7, 11) is 0. The number of ether oxygens (including phenoxy) is 2. The zero-order chi connectivity index (χ0) is 14.8. The highest BCUT2D eigenvalue weighted by Gasteiger charge is 2.18. The molecule has 0 unspecified atom stereocenters. The molecule has 0 bridgehead atoms. The van der Waals surface area contributed by atoms with Gasteiger partial charge in [0.2, 0.25) is 0 Å². The van der Waals surface area contributed by atoms with E-state index in [1.54, 1.807) is 36.4 Å². The molecule has 0 radical (unpaired) electrons. The summed E-state index contributed by atoms with van der Waals surface area (Å²) in [6.07, 6.45) is 0. The Morgan fingerprint density at radius 1 is 1.19 bits per heavy atom. The van der Waals surface area contributed by atoms with Crippen LogP contribution in [0.3, 0.4) is 0 Å². The highest BCUT2D eigenvalue weighted by molar-refractivity contribution is 9.10. The van der Waals surface area contributed by atoms with Crippen molar-refractivity contribution in [1.82, 2.24) is 0 Å². The number of hydrogen-bond donors (Lipinski definition) is 1. The molecule has 1 aliphatic heterocycles. The minimum atomic E-state index is -0.302. The summed E-state index contributed by atoms with van der Waals surface area (Å²) >= 11 is 9.39. The molecule has 1 N–H and O–H groups in total. The van der Waals surface area contributed by atoms with Crippen LogP contribution in [0.4, 0.5) is 5.69 Å². The van der Waals surface area contributed by atoms with Crippen LogP contribution in [-0.2, 0) is 0 Å². The molecular weight excluding hydrogens is 358 g/mol. The van der Waals surface area contributed by atoms with E-state index in [1.165, 1.54) is 0 Å². The molecule has 0 aromatic heterocycles. The summed E-state index contributed by atoms with van der Waals surface area (Å²) < 4.78 is 11.8. The molecule has 0 atom stereocenters. The highest BCUT2D eigenvalue weighted by Crippen LogP contribution is 2.37. The van der Waals surface area contributed by atoms with Crippen LogP contribution in [0.15, 0.2) is 40.9 Å². The molecule has 3 rings (SSSR count). The molecule has 0 fully saturated rings. The van der Waals surface area contributed by atoms with Crippen LogP contribution in [0.2, 0.25) is 5.02 Å². The minimum absolute atomic E-state index is 0.302. The molecule has 0 aliphatic carbocycles. The van der Waals surface area contributed by atoms with E-state index >= 15 is 0 Å². The Balaban J connectivity index is 1.90. The van der Waals surface area contributed by atoms with Crippen molar-refractivity contribution in [2.75, 3.05) is 18.5 Å². The molecule has 1 aliphatic rings. The van der Waals surface area contributed by atoms with Gasteiger partial charge in [0.1, 0.15) is 13.2 Å². The zero-order valence-corrected chi connectivity index (χ0v) is 13.2. The summed E-state index contributed by atoms with van der Waals surface area (Å²) in [5, 5.41) is 3.19. The minimum Gasteiger partial charge on any atom is -0.486 e. The first kappa shape index (κ1) is 14.2. The van der Waals surface area contributed by atoms with Crippen molar-refractivity contribution in [2.24, 2.45) is 0 Å². The van der Waals surface area contributed by atoms with E-state index in [9.17, 15) is 4.79 Å². The Morgan fingerprint density at radius 2 is 2.00 bits per heavy atom. The number of amides is 1. The van der Waals surface area contributed by atoms with E-state index in [0.717, 1.165) is 4.47 Å². The standard InChI is InChI=1S/C15H11BrClNO3/c16-9-4-5-11(17)10(8-9)15(19)18-12-2-1-3-13-14(12)21-7-6-20-13/h1-5,8H,6-7H2,(H,18,19). The topological polar surface area (TPSA) is 47.6 Å². The van der Waals surface area contributed by atoms with E-state index in [2.05, 4.69) is 21.2 Å². The van der Waals surface area contributed by atoms with Gasteiger partial charge in [0, 0.05) is 4.47 Å². The van der Waals surface area contributed by atoms with Gasteiger partial charge in [-0.2, -0.15) is 0 Å². The van der Waals surface area contributed by atoms with Crippen LogP contribution in [0.5, 0.6) is 11.5 Å². The summed E-state index contributed by atoms with van der Waals surface area (Å²) in [6, 6.07) is 10.5. The molecular formula is C15H11BrClNO3. The number of para-hydroxylation sites is 1. The smallest absolute Gasteiger partial charge is 0.257 e. The predicted molar refractivity (Wildman–Crippen MR) is 84.5 cm³/mol. The molecule has 1 amide bonds. The van der Waals surface area contributed by atoms with E-state index in [-0.39, 0.29) is 5.91 Å². The number of fused-ring (bicyclic) bond motifs is 1. The number of nitrogens with one attached hydrogen (secondary N) is 1. The quantitative estimate of drug-likeness (QED) is 0.867. The Bertz CT molecular complexity index is 705. The first-order valence-corrected chi connectivity index (χ1v) is 7.47. The largest absolute Gasteiger partial charge is 0.486 e. The molecule has 0 saturated heterocycles. The second-order valence-corrected chi connectivity index (χ2v) is 5.73. The van der Waals surface area contributed by atoms with Crippen LogP contribution >= 0.6 is 27.5 Å². The van der Waals surface area contributed by atoms with E-state index in [1.807, 2.05) is 0 Å². The van der Waals surface area contributed by atoms with E-state index in [0.29, 0.717) is 41.0 Å². The third-order valence-electron chi connectivity index (χ3n) is 2.99. The van der Waals surface area contributed by atoms with Gasteiger partial charge in [0.05, 0.1) is 16.3 Å². The number of halogens is 2. The van der Waals surface area contributed by atoms with Crippen molar-refractivity contribution in [3.05, 3.63) is 51.5 Å². The molecule has 6 heteroatoms. The number of benzene rings is 2. The first-order valence-electron chi connectivity index (χ1n) is 6.30. The van der Waals surface area contributed by atoms with Gasteiger partial charge in [-0.1, -0.05) is 33.6 Å². The van der Waals surface area contributed by atoms with Crippen molar-refractivity contribution in [3.8, 4) is 11.5 Å². The fourth-order valence-electron chi connectivity index (χ4n) is 2.03. The van der Waals surface area contributed by atoms with Crippen molar-refractivity contribution >= 4 is 39.1 Å². The lowest BCUT2D eigenvalue weighted by Crippen LogP contribution is -2.19. The van der Waals surface area contributed by atoms with Gasteiger partial charge in [-0.05, 0) is 30.3 Å². The number of hydrogen-bond acceptors (Lipinski definition) is 3. The molecule has 108 valence electrons. The van der Waals surface area contributed by atoms with Crippen molar-refractivity contribution < 1.29 is 14.3 Å². The molecule has 0 spiro atoms. The average molecular weight is 369 g/mol. The van der Waals surface area contributed by atoms with Crippen LogP contribution < -0.4 is 14.8 Å². The van der Waals surface area contributed by atoms with Gasteiger partial charge in [-0.15, -0.1) is 0 Å². The Morgan fingerprint density at radius 3 is 2.86 bits per heavy atom. The second-order valence-electron chi connectivity index (χ2n) is 4.41. The molecule has 2 aromatic carbocycles. The Hall–Kier alpha value is -1.72. The first-order chi connectivity index (χ1) is 10.1. The molecule has 21 heavy (non-hydrogen) atoms. The lowest BCUT2D eigenvalue weighted by molar-refractivity contribution is 0.102. The molecule has 1 heterocycles. The van der Waals surface area contributed by atoms with Crippen LogP contribution in [0.1, 0.15) is 10.4 Å². The van der Waals surface area contributed by atoms with Crippen LogP contribution in [-0.4, -0.2) is 19.1 Å². The SMILES string of the molecule is O=C(Nc1cccc2c1OCCO2)c1cc(Br)ccc1Cl. The average Bonchev–Trinajstić information content (AvgIpc) is 2.50. The third kappa shape index (κ3) is 2.99.